The summed E-state index contributed by atoms with van der Waals surface area (Å²) in [5, 5.41) is 28.8. The van der Waals surface area contributed by atoms with Crippen molar-refractivity contribution in [3.05, 3.63) is 45.5 Å². The maximum Gasteiger partial charge on any atom is 0.266 e. The van der Waals surface area contributed by atoms with Gasteiger partial charge in [-0.05, 0) is 49.4 Å². The summed E-state index contributed by atoms with van der Waals surface area (Å²) in [5.41, 5.74) is 11.4. The number of hydrazone groups is 1. The van der Waals surface area contributed by atoms with Gasteiger partial charge in [0, 0.05) is 12.1 Å². The van der Waals surface area contributed by atoms with Crippen LogP contribution in [0.2, 0.25) is 0 Å². The second-order valence-corrected chi connectivity index (χ2v) is 7.60. The van der Waals surface area contributed by atoms with Gasteiger partial charge in [-0.1, -0.05) is 13.8 Å². The molecule has 0 fully saturated rings. The van der Waals surface area contributed by atoms with Gasteiger partial charge in [-0.25, -0.2) is 10.1 Å². The molecule has 0 spiro atoms. The summed E-state index contributed by atoms with van der Waals surface area (Å²) in [4.78, 5) is 47.5. The fourth-order valence-corrected chi connectivity index (χ4v) is 2.84. The van der Waals surface area contributed by atoms with E-state index in [0.717, 1.165) is 0 Å². The van der Waals surface area contributed by atoms with Gasteiger partial charge in [-0.15, -0.1) is 0 Å². The number of nitriles is 1. The van der Waals surface area contributed by atoms with Gasteiger partial charge in [0.2, 0.25) is 11.8 Å². The number of primary amides is 1. The molecule has 1 aromatic rings. The Hall–Kier alpha value is -4.21. The number of amides is 3. The van der Waals surface area contributed by atoms with E-state index in [4.69, 9.17) is 16.7 Å². The van der Waals surface area contributed by atoms with E-state index in [1.807, 2.05) is 19.9 Å². The molecule has 0 aliphatic rings. The van der Waals surface area contributed by atoms with Gasteiger partial charge in [-0.2, -0.15) is 5.26 Å². The van der Waals surface area contributed by atoms with Crippen LogP contribution in [0.1, 0.15) is 49.0 Å². The van der Waals surface area contributed by atoms with Crippen molar-refractivity contribution in [2.45, 2.75) is 45.2 Å². The Morgan fingerprint density at radius 2 is 1.79 bits per heavy atom. The molecule has 0 heterocycles. The van der Waals surface area contributed by atoms with E-state index in [9.17, 15) is 24.5 Å². The van der Waals surface area contributed by atoms with Crippen LogP contribution in [0.5, 0.6) is 0 Å². The first kappa shape index (κ1) is 26.8. The van der Waals surface area contributed by atoms with Crippen LogP contribution < -0.4 is 27.4 Å². The molecule has 3 amide bonds. The molecule has 33 heavy (non-hydrogen) atoms. The maximum absolute atomic E-state index is 12.8. The zero-order chi connectivity index (χ0) is 25.0. The van der Waals surface area contributed by atoms with E-state index in [-0.39, 0.29) is 30.9 Å². The number of nitrogens with two attached hydrogens (primary N) is 2. The summed E-state index contributed by atoms with van der Waals surface area (Å²) in [6, 6.07) is 5.84. The monoisotopic (exact) mass is 460 g/mol. The lowest BCUT2D eigenvalue weighted by molar-refractivity contribution is -0.485. The van der Waals surface area contributed by atoms with Gasteiger partial charge in [0.25, 0.3) is 11.9 Å². The molecule has 1 rings (SSSR count). The minimum Gasteiger partial charge on any atom is -0.368 e. The average molecular weight is 460 g/mol. The van der Waals surface area contributed by atoms with Crippen molar-refractivity contribution in [1.82, 2.24) is 16.0 Å². The summed E-state index contributed by atoms with van der Waals surface area (Å²) in [5.74, 6) is -2.16. The van der Waals surface area contributed by atoms with Crippen LogP contribution in [0.3, 0.4) is 0 Å². The minimum atomic E-state index is -1.03. The molecule has 0 radical (unpaired) electrons. The second kappa shape index (κ2) is 13.3. The summed E-state index contributed by atoms with van der Waals surface area (Å²) in [7, 11) is 0. The van der Waals surface area contributed by atoms with E-state index >= 15 is 0 Å². The fraction of sp³-hybridized carbons (Fsp3) is 0.450. The van der Waals surface area contributed by atoms with Gasteiger partial charge >= 0.3 is 0 Å². The Labute approximate surface area is 190 Å². The van der Waals surface area contributed by atoms with E-state index < -0.39 is 40.8 Å². The average Bonchev–Trinajstić information content (AvgIpc) is 2.74. The van der Waals surface area contributed by atoms with Gasteiger partial charge in [0.15, 0.2) is 5.03 Å². The molecule has 7 N–H and O–H groups in total. The number of nitrogens with zero attached hydrogens (tertiary/aromatic N) is 3. The summed E-state index contributed by atoms with van der Waals surface area (Å²) in [6.45, 7) is 3.88. The Bertz CT molecular complexity index is 923. The molecule has 0 unspecified atom stereocenters. The van der Waals surface area contributed by atoms with Crippen LogP contribution in [0.15, 0.2) is 29.4 Å². The highest BCUT2D eigenvalue weighted by Crippen LogP contribution is 2.08. The number of carbonyl (C=O) groups is 3. The number of rotatable bonds is 12. The Morgan fingerprint density at radius 3 is 2.30 bits per heavy atom. The zero-order valence-corrected chi connectivity index (χ0v) is 18.4. The lowest BCUT2D eigenvalue weighted by Gasteiger charge is -2.23. The first-order chi connectivity index (χ1) is 15.5. The van der Waals surface area contributed by atoms with Crippen molar-refractivity contribution >= 4 is 23.7 Å². The largest absolute Gasteiger partial charge is 0.368 e. The van der Waals surface area contributed by atoms with Crippen molar-refractivity contribution in [2.75, 3.05) is 6.54 Å². The second-order valence-electron chi connectivity index (χ2n) is 7.60. The molecule has 0 aromatic heterocycles. The van der Waals surface area contributed by atoms with Gasteiger partial charge in [0.05, 0.1) is 11.6 Å². The molecule has 13 heteroatoms. The third-order valence-corrected chi connectivity index (χ3v) is 4.43. The van der Waals surface area contributed by atoms with Crippen LogP contribution in [0.4, 0.5) is 0 Å². The highest BCUT2D eigenvalue weighted by Gasteiger charge is 2.26. The topological polar surface area (TPSA) is 219 Å². The predicted molar refractivity (Wildman–Crippen MR) is 119 cm³/mol. The van der Waals surface area contributed by atoms with Gasteiger partial charge in [-0.3, -0.25) is 14.4 Å². The van der Waals surface area contributed by atoms with Gasteiger partial charge < -0.3 is 27.4 Å². The van der Waals surface area contributed by atoms with Crippen molar-refractivity contribution in [3.8, 4) is 6.07 Å². The van der Waals surface area contributed by atoms with Crippen LogP contribution in [0.25, 0.3) is 0 Å². The van der Waals surface area contributed by atoms with Crippen molar-refractivity contribution in [1.29, 1.82) is 5.26 Å². The molecular formula is C20H28N8O5. The Morgan fingerprint density at radius 1 is 1.15 bits per heavy atom. The third kappa shape index (κ3) is 10.1. The van der Waals surface area contributed by atoms with Crippen LogP contribution in [0, 0.1) is 27.4 Å². The summed E-state index contributed by atoms with van der Waals surface area (Å²) in [6.07, 6.45) is 0.734. The zero-order valence-electron chi connectivity index (χ0n) is 18.4. The van der Waals surface area contributed by atoms with E-state index in [1.165, 1.54) is 24.3 Å². The standard InChI is InChI=1S/C20H28N8O5/c1-12(2)10-16(17(22)29)26-19(31)15(4-3-9-24-20(23)27-28(32)33)25-18(30)14-7-5-13(11-21)6-8-14/h5-8,12,15-16H,3-4,9-10H2,1-2H3,(H2,22,29)(H,25,30)(H,26,31)(H3,23,24,27)/t15-,16-/m0/s1. The number of nitro groups is 1. The highest BCUT2D eigenvalue weighted by atomic mass is 16.7. The maximum atomic E-state index is 12.8. The van der Waals surface area contributed by atoms with Crippen molar-refractivity contribution in [3.63, 3.8) is 0 Å². The first-order valence-corrected chi connectivity index (χ1v) is 10.2. The molecule has 0 aliphatic carbocycles. The lowest BCUT2D eigenvalue weighted by atomic mass is 10.0. The molecule has 0 saturated carbocycles. The fourth-order valence-electron chi connectivity index (χ4n) is 2.84. The quantitative estimate of drug-likeness (QED) is 0.0901. The highest BCUT2D eigenvalue weighted by molar-refractivity contribution is 5.98. The van der Waals surface area contributed by atoms with Gasteiger partial charge in [0.1, 0.15) is 17.2 Å². The first-order valence-electron chi connectivity index (χ1n) is 10.2. The van der Waals surface area contributed by atoms with E-state index in [0.29, 0.717) is 12.0 Å². The van der Waals surface area contributed by atoms with Crippen LogP contribution in [-0.4, -0.2) is 47.3 Å². The third-order valence-electron chi connectivity index (χ3n) is 4.43. The molecule has 2 atom stereocenters. The summed E-state index contributed by atoms with van der Waals surface area (Å²) < 4.78 is 0. The van der Waals surface area contributed by atoms with E-state index in [2.05, 4.69) is 21.1 Å². The molecule has 0 saturated heterocycles. The number of carbonyl (C=O) groups excluding carboxylic acids is 3. The van der Waals surface area contributed by atoms with Crippen LogP contribution >= 0.6 is 0 Å². The normalized spacial score (nSPS) is 12.8. The molecule has 0 bridgehead atoms. The minimum absolute atomic E-state index is 0.0857. The molecule has 13 nitrogen and oxygen atoms in total. The molecule has 1 aromatic carbocycles. The number of nitrogens with one attached hydrogen (secondary N) is 3. The van der Waals surface area contributed by atoms with E-state index in [1.54, 1.807) is 0 Å². The predicted octanol–water partition coefficient (Wildman–Crippen LogP) is -0.451. The SMILES string of the molecule is CC(C)C[C@H](NC(=O)[C@H](CCCN/C(N)=N/[N+](=O)[O-])NC(=O)c1ccc(C#N)cc1)C(N)=O. The van der Waals surface area contributed by atoms with Crippen molar-refractivity contribution in [2.24, 2.45) is 22.5 Å². The number of hydrogen-bond donors (Lipinski definition) is 5. The molecular weight excluding hydrogens is 432 g/mol. The smallest absolute Gasteiger partial charge is 0.266 e. The summed E-state index contributed by atoms with van der Waals surface area (Å²) >= 11 is 0. The Balaban J connectivity index is 2.90. The van der Waals surface area contributed by atoms with Crippen molar-refractivity contribution < 1.29 is 19.4 Å². The Kier molecular flexibility index (Phi) is 10.8. The number of benzene rings is 1. The van der Waals surface area contributed by atoms with Crippen LogP contribution in [-0.2, 0) is 9.59 Å². The molecule has 0 aliphatic heterocycles. The molecule has 178 valence electrons. The lowest BCUT2D eigenvalue weighted by Crippen LogP contribution is -2.53. The number of guanidine groups is 1. The number of hydrogen-bond acceptors (Lipinski definition) is 6.